The number of hydrazine groups is 1. The van der Waals surface area contributed by atoms with Crippen LogP contribution in [0.4, 0.5) is 0 Å². The van der Waals surface area contributed by atoms with Gasteiger partial charge in [-0.15, -0.1) is 0 Å². The van der Waals surface area contributed by atoms with Crippen molar-refractivity contribution in [2.45, 2.75) is 45.2 Å². The maximum absolute atomic E-state index is 12.4. The van der Waals surface area contributed by atoms with E-state index in [-0.39, 0.29) is 11.4 Å². The van der Waals surface area contributed by atoms with Crippen molar-refractivity contribution in [3.05, 3.63) is 47.2 Å². The topological polar surface area (TPSA) is 23.6 Å². The van der Waals surface area contributed by atoms with Gasteiger partial charge in [-0.1, -0.05) is 30.3 Å². The van der Waals surface area contributed by atoms with Crippen molar-refractivity contribution >= 4 is 5.91 Å². The van der Waals surface area contributed by atoms with Crippen LogP contribution in [0.2, 0.25) is 0 Å². The third-order valence-electron chi connectivity index (χ3n) is 5.03. The van der Waals surface area contributed by atoms with Crippen LogP contribution in [-0.4, -0.2) is 21.5 Å². The van der Waals surface area contributed by atoms with Crippen LogP contribution in [0.15, 0.2) is 36.0 Å². The largest absolute Gasteiger partial charge is 0.273 e. The van der Waals surface area contributed by atoms with E-state index in [0.717, 1.165) is 6.42 Å². The second-order valence-electron chi connectivity index (χ2n) is 6.71. The van der Waals surface area contributed by atoms with Gasteiger partial charge in [0.15, 0.2) is 0 Å². The Hall–Kier alpha value is -1.61. The Morgan fingerprint density at radius 3 is 2.80 bits per heavy atom. The molecule has 104 valence electrons. The number of allylic oxidation sites excluding steroid dienone is 1. The number of rotatable bonds is 0. The normalized spacial score (nSPS) is 32.6. The van der Waals surface area contributed by atoms with Crippen molar-refractivity contribution in [3.8, 4) is 0 Å². The first-order valence-corrected chi connectivity index (χ1v) is 7.41. The number of benzene rings is 1. The molecule has 0 aromatic heterocycles. The zero-order valence-electron chi connectivity index (χ0n) is 12.3. The number of hydrogen-bond acceptors (Lipinski definition) is 2. The summed E-state index contributed by atoms with van der Waals surface area (Å²) in [5.74, 6) is 0.677. The van der Waals surface area contributed by atoms with E-state index in [9.17, 15) is 4.79 Å². The SMILES string of the molecule is C/C=C1\C2Cc3ccccc3C2N2N1C(=O)CC2(C)C. The first-order valence-electron chi connectivity index (χ1n) is 7.41. The molecule has 1 amide bonds. The van der Waals surface area contributed by atoms with Crippen LogP contribution >= 0.6 is 0 Å². The minimum absolute atomic E-state index is 0.0950. The fraction of sp³-hybridized carbons (Fsp3) is 0.471. The summed E-state index contributed by atoms with van der Waals surface area (Å²) in [4.78, 5) is 12.4. The van der Waals surface area contributed by atoms with E-state index in [2.05, 4.69) is 56.1 Å². The quantitative estimate of drug-likeness (QED) is 0.722. The average molecular weight is 268 g/mol. The predicted octanol–water partition coefficient (Wildman–Crippen LogP) is 3.05. The number of fused-ring (bicyclic) bond motifs is 5. The summed E-state index contributed by atoms with van der Waals surface area (Å²) in [6.07, 6.45) is 3.79. The molecular weight excluding hydrogens is 248 g/mol. The maximum Gasteiger partial charge on any atom is 0.243 e. The fourth-order valence-electron chi connectivity index (χ4n) is 4.32. The summed E-state index contributed by atoms with van der Waals surface area (Å²) < 4.78 is 0. The summed E-state index contributed by atoms with van der Waals surface area (Å²) in [5, 5.41) is 4.30. The van der Waals surface area contributed by atoms with Gasteiger partial charge in [0.05, 0.1) is 6.04 Å². The predicted molar refractivity (Wildman–Crippen MR) is 77.5 cm³/mol. The molecule has 1 aromatic carbocycles. The van der Waals surface area contributed by atoms with Crippen molar-refractivity contribution in [2.24, 2.45) is 5.92 Å². The molecule has 2 fully saturated rings. The molecule has 0 saturated carbocycles. The Labute approximate surface area is 119 Å². The van der Waals surface area contributed by atoms with Crippen LogP contribution in [-0.2, 0) is 11.2 Å². The lowest BCUT2D eigenvalue weighted by Crippen LogP contribution is -2.43. The highest BCUT2D eigenvalue weighted by Gasteiger charge is 2.59. The molecule has 2 atom stereocenters. The van der Waals surface area contributed by atoms with Crippen LogP contribution in [0.25, 0.3) is 0 Å². The highest BCUT2D eigenvalue weighted by Crippen LogP contribution is 2.56. The van der Waals surface area contributed by atoms with E-state index in [0.29, 0.717) is 18.4 Å². The molecule has 0 N–H and O–H groups in total. The van der Waals surface area contributed by atoms with Crippen LogP contribution in [0.5, 0.6) is 0 Å². The summed E-state index contributed by atoms with van der Waals surface area (Å²) >= 11 is 0. The molecule has 2 aliphatic heterocycles. The summed E-state index contributed by atoms with van der Waals surface area (Å²) in [7, 11) is 0. The molecule has 4 rings (SSSR count). The second-order valence-corrected chi connectivity index (χ2v) is 6.71. The minimum Gasteiger partial charge on any atom is -0.273 e. The average Bonchev–Trinajstić information content (AvgIpc) is 2.97. The molecule has 3 heteroatoms. The van der Waals surface area contributed by atoms with Crippen molar-refractivity contribution in [1.29, 1.82) is 0 Å². The Morgan fingerprint density at radius 1 is 1.30 bits per heavy atom. The highest BCUT2D eigenvalue weighted by atomic mass is 16.2. The van der Waals surface area contributed by atoms with Crippen LogP contribution in [0.3, 0.4) is 0 Å². The lowest BCUT2D eigenvalue weighted by molar-refractivity contribution is -0.134. The Bertz CT molecular complexity index is 632. The number of carbonyl (C=O) groups is 1. The van der Waals surface area contributed by atoms with Crippen molar-refractivity contribution in [2.75, 3.05) is 0 Å². The molecule has 2 heterocycles. The van der Waals surface area contributed by atoms with Gasteiger partial charge >= 0.3 is 0 Å². The van der Waals surface area contributed by atoms with E-state index in [4.69, 9.17) is 0 Å². The van der Waals surface area contributed by atoms with E-state index in [1.807, 2.05) is 5.01 Å². The first-order chi connectivity index (χ1) is 9.54. The lowest BCUT2D eigenvalue weighted by atomic mass is 9.93. The lowest BCUT2D eigenvalue weighted by Gasteiger charge is -2.35. The van der Waals surface area contributed by atoms with Gasteiger partial charge in [-0.2, -0.15) is 5.01 Å². The van der Waals surface area contributed by atoms with Gasteiger partial charge in [0.1, 0.15) is 0 Å². The van der Waals surface area contributed by atoms with Crippen LogP contribution in [0.1, 0.15) is 44.4 Å². The molecule has 20 heavy (non-hydrogen) atoms. The third kappa shape index (κ3) is 1.31. The molecule has 0 radical (unpaired) electrons. The molecule has 2 unspecified atom stereocenters. The molecule has 0 bridgehead atoms. The molecule has 3 nitrogen and oxygen atoms in total. The van der Waals surface area contributed by atoms with Gasteiger partial charge in [0.25, 0.3) is 0 Å². The van der Waals surface area contributed by atoms with Crippen LogP contribution in [0, 0.1) is 5.92 Å². The molecule has 2 saturated heterocycles. The highest BCUT2D eigenvalue weighted by molar-refractivity contribution is 5.82. The maximum atomic E-state index is 12.4. The molecular formula is C17H20N2O. The summed E-state index contributed by atoms with van der Waals surface area (Å²) in [5.41, 5.74) is 3.95. The van der Waals surface area contributed by atoms with Crippen LogP contribution < -0.4 is 0 Å². The van der Waals surface area contributed by atoms with E-state index in [1.165, 1.54) is 16.8 Å². The molecule has 1 aromatic rings. The Morgan fingerprint density at radius 2 is 2.05 bits per heavy atom. The van der Waals surface area contributed by atoms with Crippen molar-refractivity contribution in [3.63, 3.8) is 0 Å². The number of hydrogen-bond donors (Lipinski definition) is 0. The standard InChI is InChI=1S/C17H20N2O/c1-4-14-13-9-11-7-5-6-8-12(11)16(13)19-17(2,3)10-15(20)18(14)19/h4-8,13,16H,9-10H2,1-3H3/b14-4+. The number of amides is 1. The van der Waals surface area contributed by atoms with E-state index in [1.54, 1.807) is 0 Å². The van der Waals surface area contributed by atoms with Gasteiger partial charge in [-0.05, 0) is 38.3 Å². The zero-order valence-corrected chi connectivity index (χ0v) is 12.3. The van der Waals surface area contributed by atoms with E-state index >= 15 is 0 Å². The summed E-state index contributed by atoms with van der Waals surface area (Å²) in [6.45, 7) is 6.42. The van der Waals surface area contributed by atoms with Crippen molar-refractivity contribution in [1.82, 2.24) is 10.0 Å². The van der Waals surface area contributed by atoms with Gasteiger partial charge in [0.2, 0.25) is 5.91 Å². The van der Waals surface area contributed by atoms with Gasteiger partial charge in [-0.3, -0.25) is 4.79 Å². The Balaban J connectivity index is 1.91. The number of carbonyl (C=O) groups excluding carboxylic acids is 1. The van der Waals surface area contributed by atoms with Crippen molar-refractivity contribution < 1.29 is 4.79 Å². The van der Waals surface area contributed by atoms with Gasteiger partial charge in [0, 0.05) is 23.6 Å². The minimum atomic E-state index is -0.0950. The number of nitrogens with zero attached hydrogens (tertiary/aromatic N) is 2. The first kappa shape index (κ1) is 12.2. The van der Waals surface area contributed by atoms with E-state index < -0.39 is 0 Å². The second kappa shape index (κ2) is 3.73. The smallest absolute Gasteiger partial charge is 0.243 e. The third-order valence-corrected chi connectivity index (χ3v) is 5.03. The monoisotopic (exact) mass is 268 g/mol. The van der Waals surface area contributed by atoms with Gasteiger partial charge in [-0.25, -0.2) is 5.01 Å². The zero-order chi connectivity index (χ0) is 14.1. The summed E-state index contributed by atoms with van der Waals surface area (Å²) in [6, 6.07) is 9.03. The molecule has 1 aliphatic carbocycles. The Kier molecular flexibility index (Phi) is 2.27. The molecule has 3 aliphatic rings. The molecule has 0 spiro atoms. The van der Waals surface area contributed by atoms with Gasteiger partial charge < -0.3 is 0 Å². The fourth-order valence-corrected chi connectivity index (χ4v) is 4.32.